The summed E-state index contributed by atoms with van der Waals surface area (Å²) in [6.45, 7) is 6.72. The molecule has 2 heterocycles. The van der Waals surface area contributed by atoms with Crippen LogP contribution in [0, 0.1) is 6.92 Å². The average molecular weight is 459 g/mol. The maximum absolute atomic E-state index is 13.6. The largest absolute Gasteiger partial charge is 0.330 e. The van der Waals surface area contributed by atoms with Crippen LogP contribution in [0.5, 0.6) is 0 Å². The van der Waals surface area contributed by atoms with Gasteiger partial charge in [0.15, 0.2) is 0 Å². The van der Waals surface area contributed by atoms with Crippen molar-refractivity contribution in [1.82, 2.24) is 9.80 Å². The summed E-state index contributed by atoms with van der Waals surface area (Å²) in [5, 5.41) is 2.11. The number of rotatable bonds is 6. The summed E-state index contributed by atoms with van der Waals surface area (Å²) in [6.07, 6.45) is 4.22. The topological polar surface area (TPSA) is 40.6 Å². The molecule has 33 heavy (non-hydrogen) atoms. The Labute approximate surface area is 200 Å². The van der Waals surface area contributed by atoms with Gasteiger partial charge in [0.05, 0.1) is 6.04 Å². The number of carbonyl (C=O) groups is 2. The molecule has 2 amide bonds. The van der Waals surface area contributed by atoms with Crippen LogP contribution in [0.3, 0.4) is 0 Å². The molecule has 0 bridgehead atoms. The second-order valence-corrected chi connectivity index (χ2v) is 9.70. The van der Waals surface area contributed by atoms with Crippen LogP contribution >= 0.6 is 11.3 Å². The molecular weight excluding hydrogens is 428 g/mol. The maximum atomic E-state index is 13.6. The standard InChI is InChI=1S/C28H30N2O2S/c1-20(2)30(26(31)14-13-22-10-5-4-6-11-22)19-27(32)29-17-15-25-24(16-18-33-25)28(29)23-12-8-7-9-21(23)3/h4-14,16,18,20,28H,15,17,19H2,1-3H3/b14-13+/t28-/m0/s1. The van der Waals surface area contributed by atoms with Crippen LogP contribution in [0.4, 0.5) is 0 Å². The molecule has 170 valence electrons. The van der Waals surface area contributed by atoms with Crippen LogP contribution in [0.2, 0.25) is 0 Å². The van der Waals surface area contributed by atoms with Gasteiger partial charge >= 0.3 is 0 Å². The predicted molar refractivity (Wildman–Crippen MR) is 135 cm³/mol. The van der Waals surface area contributed by atoms with Crippen LogP contribution in [-0.2, 0) is 16.0 Å². The summed E-state index contributed by atoms with van der Waals surface area (Å²) in [5.74, 6) is -0.168. The van der Waals surface area contributed by atoms with Crippen LogP contribution < -0.4 is 0 Å². The summed E-state index contributed by atoms with van der Waals surface area (Å²) >= 11 is 1.76. The minimum Gasteiger partial charge on any atom is -0.330 e. The van der Waals surface area contributed by atoms with Gasteiger partial charge in [-0.05, 0) is 67.0 Å². The predicted octanol–water partition coefficient (Wildman–Crippen LogP) is 5.48. The third-order valence-electron chi connectivity index (χ3n) is 6.20. The molecular formula is C28H30N2O2S. The zero-order chi connectivity index (χ0) is 23.4. The van der Waals surface area contributed by atoms with E-state index in [-0.39, 0.29) is 30.4 Å². The lowest BCUT2D eigenvalue weighted by atomic mass is 9.90. The van der Waals surface area contributed by atoms with Crippen molar-refractivity contribution in [2.24, 2.45) is 0 Å². The molecule has 0 saturated heterocycles. The number of carbonyl (C=O) groups excluding carboxylic acids is 2. The Hall–Kier alpha value is -3.18. The summed E-state index contributed by atoms with van der Waals surface area (Å²) in [4.78, 5) is 31.6. The molecule has 3 aromatic rings. The van der Waals surface area contributed by atoms with Gasteiger partial charge in [0, 0.05) is 23.5 Å². The van der Waals surface area contributed by atoms with Gasteiger partial charge in [-0.1, -0.05) is 54.6 Å². The lowest BCUT2D eigenvalue weighted by Crippen LogP contribution is -2.48. The second kappa shape index (κ2) is 10.2. The molecule has 5 heteroatoms. The number of amides is 2. The molecule has 1 aliphatic rings. The summed E-state index contributed by atoms with van der Waals surface area (Å²) in [7, 11) is 0. The van der Waals surface area contributed by atoms with E-state index in [9.17, 15) is 9.59 Å². The van der Waals surface area contributed by atoms with E-state index >= 15 is 0 Å². The molecule has 0 spiro atoms. The summed E-state index contributed by atoms with van der Waals surface area (Å²) in [5.41, 5.74) is 4.49. The molecule has 4 nitrogen and oxygen atoms in total. The Balaban J connectivity index is 1.58. The van der Waals surface area contributed by atoms with Crippen molar-refractivity contribution in [2.75, 3.05) is 13.1 Å². The van der Waals surface area contributed by atoms with E-state index in [0.717, 1.165) is 17.5 Å². The number of aryl methyl sites for hydroxylation is 1. The highest BCUT2D eigenvalue weighted by Crippen LogP contribution is 2.39. The number of hydrogen-bond donors (Lipinski definition) is 0. The van der Waals surface area contributed by atoms with Crippen molar-refractivity contribution in [1.29, 1.82) is 0 Å². The fourth-order valence-corrected chi connectivity index (χ4v) is 5.30. The first-order chi connectivity index (χ1) is 16.0. The van der Waals surface area contributed by atoms with E-state index < -0.39 is 0 Å². The van der Waals surface area contributed by atoms with Gasteiger partial charge in [0.2, 0.25) is 11.8 Å². The molecule has 0 radical (unpaired) electrons. The van der Waals surface area contributed by atoms with Crippen molar-refractivity contribution in [3.63, 3.8) is 0 Å². The monoisotopic (exact) mass is 458 g/mol. The molecule has 1 aliphatic heterocycles. The Kier molecular flexibility index (Phi) is 7.09. The molecule has 0 N–H and O–H groups in total. The lowest BCUT2D eigenvalue weighted by Gasteiger charge is -2.38. The van der Waals surface area contributed by atoms with Crippen molar-refractivity contribution in [3.8, 4) is 0 Å². The number of thiophene rings is 1. The first kappa shape index (κ1) is 23.0. The Morgan fingerprint density at radius 2 is 1.79 bits per heavy atom. The first-order valence-corrected chi connectivity index (χ1v) is 12.3. The van der Waals surface area contributed by atoms with Crippen molar-refractivity contribution in [3.05, 3.63) is 99.3 Å². The van der Waals surface area contributed by atoms with Gasteiger partial charge in [-0.15, -0.1) is 11.3 Å². The molecule has 1 atom stereocenters. The SMILES string of the molecule is Cc1ccccc1[C@H]1c2ccsc2CCN1C(=O)CN(C(=O)/C=C/c1ccccc1)C(C)C. The van der Waals surface area contributed by atoms with Crippen molar-refractivity contribution >= 4 is 29.2 Å². The van der Waals surface area contributed by atoms with E-state index in [4.69, 9.17) is 0 Å². The Morgan fingerprint density at radius 3 is 2.52 bits per heavy atom. The molecule has 2 aromatic carbocycles. The van der Waals surface area contributed by atoms with Gasteiger partial charge in [0.1, 0.15) is 6.54 Å². The van der Waals surface area contributed by atoms with Crippen molar-refractivity contribution < 1.29 is 9.59 Å². The third-order valence-corrected chi connectivity index (χ3v) is 7.20. The molecule has 0 aliphatic carbocycles. The van der Waals surface area contributed by atoms with Crippen molar-refractivity contribution in [2.45, 2.75) is 39.3 Å². The number of benzene rings is 2. The fourth-order valence-electron chi connectivity index (χ4n) is 4.39. The maximum Gasteiger partial charge on any atom is 0.247 e. The van der Waals surface area contributed by atoms with E-state index in [1.54, 1.807) is 28.4 Å². The molecule has 0 unspecified atom stereocenters. The number of nitrogens with zero attached hydrogens (tertiary/aromatic N) is 2. The summed E-state index contributed by atoms with van der Waals surface area (Å²) < 4.78 is 0. The van der Waals surface area contributed by atoms with Gasteiger partial charge in [0.25, 0.3) is 0 Å². The quantitative estimate of drug-likeness (QED) is 0.459. The summed E-state index contributed by atoms with van der Waals surface area (Å²) in [6, 6.07) is 19.9. The highest BCUT2D eigenvalue weighted by Gasteiger charge is 2.34. The first-order valence-electron chi connectivity index (χ1n) is 11.4. The minimum absolute atomic E-state index is 0.0183. The zero-order valence-electron chi connectivity index (χ0n) is 19.4. The third kappa shape index (κ3) is 5.09. The lowest BCUT2D eigenvalue weighted by molar-refractivity contribution is -0.140. The van der Waals surface area contributed by atoms with Gasteiger partial charge in [-0.25, -0.2) is 0 Å². The van der Waals surface area contributed by atoms with Crippen LogP contribution in [0.15, 0.2) is 72.1 Å². The number of hydrogen-bond acceptors (Lipinski definition) is 3. The molecule has 0 fully saturated rings. The normalized spacial score (nSPS) is 15.6. The van der Waals surface area contributed by atoms with Gasteiger partial charge in [-0.2, -0.15) is 0 Å². The van der Waals surface area contributed by atoms with Gasteiger partial charge < -0.3 is 9.80 Å². The van der Waals surface area contributed by atoms with Crippen LogP contribution in [0.25, 0.3) is 6.08 Å². The number of fused-ring (bicyclic) bond motifs is 1. The van der Waals surface area contributed by atoms with E-state index in [1.807, 2.05) is 61.2 Å². The molecule has 1 aromatic heterocycles. The van der Waals surface area contributed by atoms with E-state index in [1.165, 1.54) is 16.0 Å². The zero-order valence-corrected chi connectivity index (χ0v) is 20.2. The Morgan fingerprint density at radius 1 is 1.06 bits per heavy atom. The van der Waals surface area contributed by atoms with E-state index in [0.29, 0.717) is 6.54 Å². The highest BCUT2D eigenvalue weighted by molar-refractivity contribution is 7.10. The second-order valence-electron chi connectivity index (χ2n) is 8.70. The van der Waals surface area contributed by atoms with Crippen LogP contribution in [0.1, 0.15) is 47.0 Å². The average Bonchev–Trinajstić information content (AvgIpc) is 3.30. The van der Waals surface area contributed by atoms with Crippen LogP contribution in [-0.4, -0.2) is 40.7 Å². The van der Waals surface area contributed by atoms with Gasteiger partial charge in [-0.3, -0.25) is 9.59 Å². The smallest absolute Gasteiger partial charge is 0.247 e. The fraction of sp³-hybridized carbons (Fsp3) is 0.286. The molecule has 4 rings (SSSR count). The highest BCUT2D eigenvalue weighted by atomic mass is 32.1. The Bertz CT molecular complexity index is 1150. The molecule has 0 saturated carbocycles. The van der Waals surface area contributed by atoms with E-state index in [2.05, 4.69) is 30.5 Å². The minimum atomic E-state index is -0.150.